The summed E-state index contributed by atoms with van der Waals surface area (Å²) >= 11 is 0. The summed E-state index contributed by atoms with van der Waals surface area (Å²) in [6.45, 7) is 1.69. The molecule has 1 aliphatic carbocycles. The van der Waals surface area contributed by atoms with Gasteiger partial charge in [-0.05, 0) is 50.3 Å². The average molecular weight is 353 g/mol. The second-order valence-corrected chi connectivity index (χ2v) is 7.25. The summed E-state index contributed by atoms with van der Waals surface area (Å²) in [5, 5.41) is 14.5. The van der Waals surface area contributed by atoms with Crippen LogP contribution in [0.15, 0.2) is 30.3 Å². The molecule has 2 atom stereocenters. The van der Waals surface area contributed by atoms with Crippen LogP contribution < -0.4 is 5.32 Å². The molecular weight excluding hydrogens is 328 g/mol. The number of alkyl halides is 2. The van der Waals surface area contributed by atoms with Crippen LogP contribution in [0.5, 0.6) is 0 Å². The number of carbonyl (C=O) groups is 1. The molecule has 1 aromatic carbocycles. The summed E-state index contributed by atoms with van der Waals surface area (Å²) in [4.78, 5) is 12.8. The molecule has 0 aromatic heterocycles. The quantitative estimate of drug-likeness (QED) is 0.799. The summed E-state index contributed by atoms with van der Waals surface area (Å²) in [7, 11) is 0. The molecule has 2 N–H and O–H groups in total. The van der Waals surface area contributed by atoms with Crippen molar-refractivity contribution in [2.24, 2.45) is 5.92 Å². The molecule has 0 bridgehead atoms. The lowest BCUT2D eigenvalue weighted by molar-refractivity contribution is -0.175. The normalized spacial score (nSPS) is 26.1. The molecule has 1 aliphatic heterocycles. The molecule has 1 aromatic rings. The Kier molecular flexibility index (Phi) is 5.39. The molecule has 25 heavy (non-hydrogen) atoms. The fourth-order valence-corrected chi connectivity index (χ4v) is 3.80. The highest BCUT2D eigenvalue weighted by molar-refractivity contribution is 5.81. The van der Waals surface area contributed by atoms with Gasteiger partial charge < -0.3 is 15.2 Å². The number of esters is 1. The molecule has 0 spiro atoms. The highest BCUT2D eigenvalue weighted by Gasteiger charge is 2.46. The number of ether oxygens (including phenoxy) is 1. The topological polar surface area (TPSA) is 58.6 Å². The van der Waals surface area contributed by atoms with Crippen molar-refractivity contribution in [1.29, 1.82) is 0 Å². The molecule has 0 amide bonds. The summed E-state index contributed by atoms with van der Waals surface area (Å²) in [5.74, 6) is -3.41. The molecule has 2 unspecified atom stereocenters. The maximum atomic E-state index is 13.4. The first-order valence-electron chi connectivity index (χ1n) is 8.97. The number of aliphatic hydroxyl groups is 1. The highest BCUT2D eigenvalue weighted by atomic mass is 19.3. The predicted octanol–water partition coefficient (Wildman–Crippen LogP) is 2.99. The first-order chi connectivity index (χ1) is 11.9. The Bertz CT molecular complexity index is 590. The zero-order chi connectivity index (χ0) is 17.9. The van der Waals surface area contributed by atoms with Crippen LogP contribution in [0.4, 0.5) is 8.78 Å². The smallest absolute Gasteiger partial charge is 0.343 e. The highest BCUT2D eigenvalue weighted by Crippen LogP contribution is 2.39. The molecule has 3 rings (SSSR count). The first-order valence-corrected chi connectivity index (χ1v) is 8.97. The van der Waals surface area contributed by atoms with Crippen LogP contribution in [0.1, 0.15) is 44.1 Å². The molecule has 6 heteroatoms. The third-order valence-corrected chi connectivity index (χ3v) is 5.26. The van der Waals surface area contributed by atoms with Gasteiger partial charge in [-0.3, -0.25) is 0 Å². The minimum Gasteiger partial charge on any atom is -0.460 e. The molecular formula is C19H25F2NO3. The van der Waals surface area contributed by atoms with E-state index in [1.54, 1.807) is 30.3 Å². The lowest BCUT2D eigenvalue weighted by Gasteiger charge is -2.33. The van der Waals surface area contributed by atoms with Crippen molar-refractivity contribution in [1.82, 2.24) is 5.32 Å². The number of nitrogens with one attached hydrogen (secondary N) is 1. The van der Waals surface area contributed by atoms with Crippen molar-refractivity contribution < 1.29 is 23.4 Å². The van der Waals surface area contributed by atoms with Crippen molar-refractivity contribution in [2.75, 3.05) is 13.1 Å². The van der Waals surface area contributed by atoms with Gasteiger partial charge in [-0.1, -0.05) is 30.3 Å². The van der Waals surface area contributed by atoms with Crippen LogP contribution in [0.3, 0.4) is 0 Å². The Labute approximate surface area is 146 Å². The molecule has 4 nitrogen and oxygen atoms in total. The fraction of sp³-hybridized carbons (Fsp3) is 0.632. The summed E-state index contributed by atoms with van der Waals surface area (Å²) in [6.07, 6.45) is 0.552. The SMILES string of the molecule is O=C(OC1CCC(F)(F)C1)C(O)(CC1CCNCC1)c1ccccc1. The summed E-state index contributed by atoms with van der Waals surface area (Å²) in [5.41, 5.74) is -1.33. The van der Waals surface area contributed by atoms with Gasteiger partial charge in [0.1, 0.15) is 6.10 Å². The van der Waals surface area contributed by atoms with Crippen LogP contribution in [-0.2, 0) is 15.1 Å². The van der Waals surface area contributed by atoms with Gasteiger partial charge in [0, 0.05) is 12.8 Å². The zero-order valence-corrected chi connectivity index (χ0v) is 14.2. The van der Waals surface area contributed by atoms with Crippen molar-refractivity contribution in [3.05, 3.63) is 35.9 Å². The fourth-order valence-electron chi connectivity index (χ4n) is 3.80. The third-order valence-electron chi connectivity index (χ3n) is 5.26. The van der Waals surface area contributed by atoms with E-state index in [1.165, 1.54) is 0 Å². The standard InChI is InChI=1S/C19H25F2NO3/c20-18(21)9-6-16(13-18)25-17(23)19(24,15-4-2-1-3-5-15)12-14-7-10-22-11-8-14/h1-5,14,16,22,24H,6-13H2. The van der Waals surface area contributed by atoms with E-state index in [9.17, 15) is 18.7 Å². The zero-order valence-electron chi connectivity index (χ0n) is 14.2. The van der Waals surface area contributed by atoms with E-state index in [4.69, 9.17) is 4.74 Å². The number of rotatable bonds is 5. The number of hydrogen-bond donors (Lipinski definition) is 2. The predicted molar refractivity (Wildman–Crippen MR) is 89.2 cm³/mol. The second-order valence-electron chi connectivity index (χ2n) is 7.25. The van der Waals surface area contributed by atoms with Gasteiger partial charge in [0.15, 0.2) is 5.60 Å². The maximum Gasteiger partial charge on any atom is 0.343 e. The number of hydrogen-bond acceptors (Lipinski definition) is 4. The molecule has 1 saturated carbocycles. The van der Waals surface area contributed by atoms with Crippen LogP contribution in [0.25, 0.3) is 0 Å². The Morgan fingerprint density at radius 3 is 2.52 bits per heavy atom. The van der Waals surface area contributed by atoms with Gasteiger partial charge in [0.2, 0.25) is 0 Å². The van der Waals surface area contributed by atoms with Gasteiger partial charge in [-0.2, -0.15) is 0 Å². The van der Waals surface area contributed by atoms with Gasteiger partial charge in [-0.15, -0.1) is 0 Å². The molecule has 2 aliphatic rings. The minimum absolute atomic E-state index is 0.136. The van der Waals surface area contributed by atoms with Crippen LogP contribution in [-0.4, -0.2) is 36.2 Å². The first kappa shape index (κ1) is 18.3. The Hall–Kier alpha value is -1.53. The van der Waals surface area contributed by atoms with Crippen molar-refractivity contribution in [3.63, 3.8) is 0 Å². The lowest BCUT2D eigenvalue weighted by Crippen LogP contribution is -2.42. The monoisotopic (exact) mass is 353 g/mol. The van der Waals surface area contributed by atoms with Gasteiger partial charge in [-0.25, -0.2) is 13.6 Å². The second kappa shape index (κ2) is 7.38. The van der Waals surface area contributed by atoms with E-state index in [0.717, 1.165) is 25.9 Å². The lowest BCUT2D eigenvalue weighted by atomic mass is 9.81. The van der Waals surface area contributed by atoms with Gasteiger partial charge >= 0.3 is 5.97 Å². The Morgan fingerprint density at radius 1 is 1.24 bits per heavy atom. The summed E-state index contributed by atoms with van der Waals surface area (Å²) < 4.78 is 32.1. The van der Waals surface area contributed by atoms with Crippen molar-refractivity contribution in [3.8, 4) is 0 Å². The van der Waals surface area contributed by atoms with Gasteiger partial charge in [0.05, 0.1) is 0 Å². The van der Waals surface area contributed by atoms with E-state index < -0.39 is 30.0 Å². The number of piperidine rings is 1. The Morgan fingerprint density at radius 2 is 1.92 bits per heavy atom. The van der Waals surface area contributed by atoms with E-state index in [0.29, 0.717) is 5.56 Å². The van der Waals surface area contributed by atoms with Crippen molar-refractivity contribution in [2.45, 2.75) is 56.2 Å². The number of halogens is 2. The van der Waals surface area contributed by atoms with Crippen LogP contribution in [0.2, 0.25) is 0 Å². The van der Waals surface area contributed by atoms with E-state index in [1.807, 2.05) is 0 Å². The molecule has 1 heterocycles. The number of carbonyl (C=O) groups excluding carboxylic acids is 1. The number of benzene rings is 1. The summed E-state index contributed by atoms with van der Waals surface area (Å²) in [6, 6.07) is 8.67. The largest absolute Gasteiger partial charge is 0.460 e. The van der Waals surface area contributed by atoms with Gasteiger partial charge in [0.25, 0.3) is 5.92 Å². The third kappa shape index (κ3) is 4.36. The minimum atomic E-state index is -2.79. The molecule has 138 valence electrons. The van der Waals surface area contributed by atoms with E-state index in [-0.39, 0.29) is 25.2 Å². The van der Waals surface area contributed by atoms with Crippen molar-refractivity contribution >= 4 is 5.97 Å². The van der Waals surface area contributed by atoms with Crippen LogP contribution in [0, 0.1) is 5.92 Å². The van der Waals surface area contributed by atoms with E-state index in [2.05, 4.69) is 5.32 Å². The molecule has 0 radical (unpaired) electrons. The van der Waals surface area contributed by atoms with Crippen LogP contribution >= 0.6 is 0 Å². The van der Waals surface area contributed by atoms with E-state index >= 15 is 0 Å². The Balaban J connectivity index is 1.76. The maximum absolute atomic E-state index is 13.4. The molecule has 1 saturated heterocycles. The molecule has 2 fully saturated rings. The average Bonchev–Trinajstić information content (AvgIpc) is 2.95.